The number of aliphatic imine (C=N–C) groups is 1. The molecule has 0 aliphatic carbocycles. The lowest BCUT2D eigenvalue weighted by Gasteiger charge is -2.12. The Labute approximate surface area is 159 Å². The number of carbonyl (C=O) groups excluding carboxylic acids is 1. The van der Waals surface area contributed by atoms with Gasteiger partial charge in [0.1, 0.15) is 11.5 Å². The van der Waals surface area contributed by atoms with Crippen LogP contribution < -0.4 is 10.1 Å². The first-order valence-electron chi connectivity index (χ1n) is 8.04. The number of aromatic nitrogens is 2. The Morgan fingerprint density at radius 1 is 1.17 bits per heavy atom. The summed E-state index contributed by atoms with van der Waals surface area (Å²) in [6.45, 7) is -0.336. The molecule has 0 saturated carbocycles. The van der Waals surface area contributed by atoms with Crippen molar-refractivity contribution in [3.8, 4) is 5.75 Å². The minimum Gasteiger partial charge on any atom is -0.405 e. The van der Waals surface area contributed by atoms with E-state index < -0.39 is 29.9 Å². The number of carbonyl (C=O) groups is 1. The molecule has 2 N–H and O–H groups in total. The quantitative estimate of drug-likeness (QED) is 0.728. The van der Waals surface area contributed by atoms with Crippen LogP contribution in [0.3, 0.4) is 0 Å². The number of para-hydroxylation sites is 1. The number of nitrogens with one attached hydrogen (secondary N) is 2. The van der Waals surface area contributed by atoms with Crippen LogP contribution in [0.25, 0.3) is 5.57 Å². The molecule has 6 nitrogen and oxygen atoms in total. The third-order valence-electron chi connectivity index (χ3n) is 3.77. The Kier molecular flexibility index (Phi) is 5.36. The molecule has 1 aromatic heterocycles. The highest BCUT2D eigenvalue weighted by molar-refractivity contribution is 6.27. The van der Waals surface area contributed by atoms with E-state index in [1.807, 2.05) is 0 Å². The van der Waals surface area contributed by atoms with E-state index in [2.05, 4.69) is 25.2 Å². The fourth-order valence-corrected chi connectivity index (χ4v) is 2.61. The Hall–Kier alpha value is -3.31. The molecule has 0 bridgehead atoms. The summed E-state index contributed by atoms with van der Waals surface area (Å²) in [6.07, 6.45) is -8.33. The first-order chi connectivity index (χ1) is 13.5. The molecule has 1 aliphatic heterocycles. The molecule has 3 rings (SSSR count). The molecule has 29 heavy (non-hydrogen) atoms. The second-order valence-corrected chi connectivity index (χ2v) is 5.81. The number of nitrogens with zero attached hydrogens (tertiary/aromatic N) is 2. The highest BCUT2D eigenvalue weighted by atomic mass is 19.4. The summed E-state index contributed by atoms with van der Waals surface area (Å²) in [4.78, 5) is 15.6. The number of allylic oxidation sites excluding steroid dienone is 1. The molecule has 1 amide bonds. The number of benzene rings is 1. The normalized spacial score (nSPS) is 14.4. The molecule has 2 aromatic rings. The van der Waals surface area contributed by atoms with E-state index >= 15 is 0 Å². The number of alkyl halides is 6. The summed E-state index contributed by atoms with van der Waals surface area (Å²) in [6, 6.07) is 6.05. The van der Waals surface area contributed by atoms with Crippen molar-refractivity contribution < 1.29 is 35.9 Å². The first-order valence-corrected chi connectivity index (χ1v) is 8.04. The number of halogens is 6. The number of aromatic amines is 1. The van der Waals surface area contributed by atoms with Crippen LogP contribution in [0.4, 0.5) is 26.3 Å². The third-order valence-corrected chi connectivity index (χ3v) is 3.77. The zero-order valence-electron chi connectivity index (χ0n) is 14.4. The molecule has 0 unspecified atom stereocenters. The van der Waals surface area contributed by atoms with Gasteiger partial charge in [-0.1, -0.05) is 18.2 Å². The van der Waals surface area contributed by atoms with Crippen LogP contribution in [0.2, 0.25) is 0 Å². The minimum atomic E-state index is -4.97. The fraction of sp³-hybridized carbons (Fsp3) is 0.235. The van der Waals surface area contributed by atoms with Crippen molar-refractivity contribution in [2.45, 2.75) is 19.1 Å². The van der Waals surface area contributed by atoms with Crippen LogP contribution in [0, 0.1) is 0 Å². The van der Waals surface area contributed by atoms with Crippen LogP contribution in [0.1, 0.15) is 21.7 Å². The smallest absolute Gasteiger partial charge is 0.405 e. The highest BCUT2D eigenvalue weighted by Crippen LogP contribution is 2.30. The van der Waals surface area contributed by atoms with E-state index in [4.69, 9.17) is 0 Å². The number of ether oxygens (including phenoxy) is 1. The number of rotatable bonds is 5. The van der Waals surface area contributed by atoms with Crippen LogP contribution in [-0.2, 0) is 6.54 Å². The monoisotopic (exact) mass is 418 g/mol. The second kappa shape index (κ2) is 7.60. The van der Waals surface area contributed by atoms with Gasteiger partial charge in [0.05, 0.1) is 30.0 Å². The zero-order valence-corrected chi connectivity index (χ0v) is 14.4. The lowest BCUT2D eigenvalue weighted by molar-refractivity contribution is -0.274. The molecule has 2 heterocycles. The van der Waals surface area contributed by atoms with Crippen molar-refractivity contribution in [1.82, 2.24) is 15.5 Å². The van der Waals surface area contributed by atoms with Crippen LogP contribution in [-0.4, -0.2) is 40.9 Å². The average molecular weight is 418 g/mol. The molecular formula is C17H12F6N4O2. The SMILES string of the molecule is O=C(NCc1cc(C2=CCN=C2C(F)(F)F)n[nH]1)c1ccccc1OC(F)(F)F. The summed E-state index contributed by atoms with van der Waals surface area (Å²) in [5, 5.41) is 8.61. The lowest BCUT2D eigenvalue weighted by Crippen LogP contribution is -2.25. The minimum absolute atomic E-state index is 0.0105. The van der Waals surface area contributed by atoms with Gasteiger partial charge in [-0.15, -0.1) is 13.2 Å². The molecule has 0 spiro atoms. The largest absolute Gasteiger partial charge is 0.573 e. The van der Waals surface area contributed by atoms with Crippen LogP contribution in [0.5, 0.6) is 5.75 Å². The number of hydrogen-bond donors (Lipinski definition) is 2. The van der Waals surface area contributed by atoms with Crippen molar-refractivity contribution >= 4 is 17.2 Å². The third kappa shape index (κ3) is 4.95. The fourth-order valence-electron chi connectivity index (χ4n) is 2.61. The van der Waals surface area contributed by atoms with E-state index in [9.17, 15) is 31.1 Å². The number of hydrogen-bond acceptors (Lipinski definition) is 4. The molecule has 0 fully saturated rings. The Morgan fingerprint density at radius 2 is 1.90 bits per heavy atom. The van der Waals surface area contributed by atoms with Gasteiger partial charge in [0.2, 0.25) is 0 Å². The van der Waals surface area contributed by atoms with Gasteiger partial charge in [-0.25, -0.2) is 0 Å². The molecular weight excluding hydrogens is 406 g/mol. The Bertz CT molecular complexity index is 975. The van der Waals surface area contributed by atoms with Gasteiger partial charge in [0, 0.05) is 5.57 Å². The van der Waals surface area contributed by atoms with E-state index in [-0.39, 0.29) is 35.6 Å². The topological polar surface area (TPSA) is 79.4 Å². The Balaban J connectivity index is 1.68. The summed E-state index contributed by atoms with van der Waals surface area (Å²) in [7, 11) is 0. The summed E-state index contributed by atoms with van der Waals surface area (Å²) < 4.78 is 80.0. The molecule has 154 valence electrons. The molecule has 12 heteroatoms. The van der Waals surface area contributed by atoms with Gasteiger partial charge in [-0.2, -0.15) is 18.3 Å². The zero-order chi connectivity index (χ0) is 21.2. The van der Waals surface area contributed by atoms with Gasteiger partial charge < -0.3 is 10.1 Å². The maximum Gasteiger partial charge on any atom is 0.573 e. The van der Waals surface area contributed by atoms with Crippen molar-refractivity contribution in [2.75, 3.05) is 6.54 Å². The van der Waals surface area contributed by atoms with Gasteiger partial charge >= 0.3 is 12.5 Å². The molecule has 1 aromatic carbocycles. The van der Waals surface area contributed by atoms with E-state index in [0.717, 1.165) is 12.1 Å². The van der Waals surface area contributed by atoms with Crippen LogP contribution >= 0.6 is 0 Å². The Morgan fingerprint density at radius 3 is 2.59 bits per heavy atom. The molecule has 0 atom stereocenters. The summed E-state index contributed by atoms with van der Waals surface area (Å²) in [5.74, 6) is -1.54. The van der Waals surface area contributed by atoms with Gasteiger partial charge in [-0.05, 0) is 18.2 Å². The molecule has 1 aliphatic rings. The van der Waals surface area contributed by atoms with Gasteiger partial charge in [-0.3, -0.25) is 14.9 Å². The van der Waals surface area contributed by atoms with E-state index in [0.29, 0.717) is 0 Å². The van der Waals surface area contributed by atoms with E-state index in [1.54, 1.807) is 0 Å². The lowest BCUT2D eigenvalue weighted by atomic mass is 10.1. The standard InChI is InChI=1S/C17H12F6N4O2/c18-16(19,20)14-10(5-6-24-14)12-7-9(26-27-12)8-25-15(28)11-3-1-2-4-13(11)29-17(21,22)23/h1-5,7H,6,8H2,(H,25,28)(H,26,27). The van der Waals surface area contributed by atoms with Crippen molar-refractivity contribution in [3.05, 3.63) is 53.4 Å². The summed E-state index contributed by atoms with van der Waals surface area (Å²) >= 11 is 0. The number of amides is 1. The van der Waals surface area contributed by atoms with Gasteiger partial charge in [0.15, 0.2) is 0 Å². The highest BCUT2D eigenvalue weighted by Gasteiger charge is 2.40. The van der Waals surface area contributed by atoms with Gasteiger partial charge in [0.25, 0.3) is 5.91 Å². The van der Waals surface area contributed by atoms with Crippen molar-refractivity contribution in [2.24, 2.45) is 4.99 Å². The number of H-pyrrole nitrogens is 1. The predicted molar refractivity (Wildman–Crippen MR) is 89.2 cm³/mol. The maximum atomic E-state index is 12.9. The maximum absolute atomic E-state index is 12.9. The predicted octanol–water partition coefficient (Wildman–Crippen LogP) is 3.64. The molecule has 0 saturated heterocycles. The van der Waals surface area contributed by atoms with Crippen molar-refractivity contribution in [1.29, 1.82) is 0 Å². The average Bonchev–Trinajstić information content (AvgIpc) is 3.27. The molecule has 0 radical (unpaired) electrons. The second-order valence-electron chi connectivity index (χ2n) is 5.81. The van der Waals surface area contributed by atoms with E-state index in [1.165, 1.54) is 24.3 Å². The first kappa shape index (κ1) is 20.4. The summed E-state index contributed by atoms with van der Waals surface area (Å²) in [5.41, 5.74) is -1.34. The van der Waals surface area contributed by atoms with Crippen LogP contribution in [0.15, 0.2) is 41.4 Å². The van der Waals surface area contributed by atoms with Crippen molar-refractivity contribution in [3.63, 3.8) is 0 Å².